The van der Waals surface area contributed by atoms with Crippen LogP contribution in [0.2, 0.25) is 0 Å². The van der Waals surface area contributed by atoms with E-state index >= 15 is 0 Å². The van der Waals surface area contributed by atoms with Gasteiger partial charge < -0.3 is 10.4 Å². The summed E-state index contributed by atoms with van der Waals surface area (Å²) in [4.78, 5) is 0. The van der Waals surface area contributed by atoms with Crippen LogP contribution in [0.25, 0.3) is 0 Å². The zero-order chi connectivity index (χ0) is 11.5. The van der Waals surface area contributed by atoms with Crippen molar-refractivity contribution in [1.29, 1.82) is 0 Å². The van der Waals surface area contributed by atoms with Gasteiger partial charge in [0.2, 0.25) is 0 Å². The van der Waals surface area contributed by atoms with Gasteiger partial charge in [-0.25, -0.2) is 0 Å². The predicted molar refractivity (Wildman–Crippen MR) is 73.3 cm³/mol. The summed E-state index contributed by atoms with van der Waals surface area (Å²) in [6.45, 7) is 7.16. The van der Waals surface area contributed by atoms with Crippen molar-refractivity contribution in [2.24, 2.45) is 5.41 Å². The van der Waals surface area contributed by atoms with E-state index in [0.29, 0.717) is 0 Å². The molecule has 0 unspecified atom stereocenters. The Hall–Kier alpha value is -0.290. The van der Waals surface area contributed by atoms with Gasteiger partial charge in [-0.3, -0.25) is 0 Å². The largest absolute Gasteiger partial charge is 0.396 e. The number of rotatable bonds is 4. The van der Waals surface area contributed by atoms with E-state index in [1.165, 1.54) is 9.13 Å². The lowest BCUT2D eigenvalue weighted by Crippen LogP contribution is -2.27. The van der Waals surface area contributed by atoms with Crippen LogP contribution in [0.5, 0.6) is 0 Å². The summed E-state index contributed by atoms with van der Waals surface area (Å²) in [7, 11) is 0. The van der Waals surface area contributed by atoms with Gasteiger partial charge in [0.1, 0.15) is 0 Å². The highest BCUT2D eigenvalue weighted by Gasteiger charge is 2.16. The van der Waals surface area contributed by atoms with Crippen molar-refractivity contribution in [1.82, 2.24) is 0 Å². The second-order valence-corrected chi connectivity index (χ2v) is 5.88. The van der Waals surface area contributed by atoms with Crippen LogP contribution in [0.1, 0.15) is 19.4 Å². The Kier molecular flexibility index (Phi) is 4.40. The number of aryl methyl sites for hydroxylation is 1. The number of nitrogens with one attached hydrogen (secondary N) is 1. The smallest absolute Gasteiger partial charge is 0.0498 e. The van der Waals surface area contributed by atoms with Gasteiger partial charge in [0.05, 0.1) is 0 Å². The Bertz CT molecular complexity index is 336. The maximum absolute atomic E-state index is 9.14. The van der Waals surface area contributed by atoms with Crippen LogP contribution in [0.15, 0.2) is 18.2 Å². The number of benzene rings is 1. The first-order valence-electron chi connectivity index (χ1n) is 5.05. The molecule has 0 aliphatic heterocycles. The van der Waals surface area contributed by atoms with Crippen LogP contribution < -0.4 is 5.32 Å². The molecule has 0 radical (unpaired) electrons. The minimum atomic E-state index is -0.0740. The minimum Gasteiger partial charge on any atom is -0.396 e. The molecule has 0 bridgehead atoms. The highest BCUT2D eigenvalue weighted by atomic mass is 127. The summed E-state index contributed by atoms with van der Waals surface area (Å²) < 4.78 is 1.25. The van der Waals surface area contributed by atoms with Crippen molar-refractivity contribution in [2.75, 3.05) is 18.5 Å². The standard InChI is InChI=1S/C12H18INO/c1-9-6-10(13)4-5-11(9)14-7-12(2,3)8-15/h4-6,14-15H,7-8H2,1-3H3. The Morgan fingerprint density at radius 1 is 1.40 bits per heavy atom. The molecule has 0 heterocycles. The molecule has 0 spiro atoms. The average Bonchev–Trinajstić information content (AvgIpc) is 2.16. The second-order valence-electron chi connectivity index (χ2n) is 4.64. The Morgan fingerprint density at radius 3 is 2.60 bits per heavy atom. The van der Waals surface area contributed by atoms with E-state index in [1.54, 1.807) is 0 Å². The molecule has 1 aromatic carbocycles. The average molecular weight is 319 g/mol. The maximum atomic E-state index is 9.14. The monoisotopic (exact) mass is 319 g/mol. The first-order chi connectivity index (χ1) is 6.94. The summed E-state index contributed by atoms with van der Waals surface area (Å²) >= 11 is 2.31. The van der Waals surface area contributed by atoms with Crippen molar-refractivity contribution in [3.8, 4) is 0 Å². The van der Waals surface area contributed by atoms with E-state index in [0.717, 1.165) is 12.2 Å². The molecule has 2 N–H and O–H groups in total. The molecule has 0 saturated carbocycles. The molecule has 3 heteroatoms. The number of aliphatic hydroxyl groups is 1. The maximum Gasteiger partial charge on any atom is 0.0498 e. The summed E-state index contributed by atoms with van der Waals surface area (Å²) in [6, 6.07) is 6.32. The Labute approximate surface area is 105 Å². The van der Waals surface area contributed by atoms with Crippen molar-refractivity contribution in [3.63, 3.8) is 0 Å². The lowest BCUT2D eigenvalue weighted by atomic mass is 9.95. The van der Waals surface area contributed by atoms with Gasteiger partial charge in [0.25, 0.3) is 0 Å². The van der Waals surface area contributed by atoms with E-state index in [9.17, 15) is 0 Å². The van der Waals surface area contributed by atoms with E-state index in [1.807, 2.05) is 13.8 Å². The van der Waals surface area contributed by atoms with E-state index < -0.39 is 0 Å². The molecule has 0 aromatic heterocycles. The van der Waals surface area contributed by atoms with E-state index in [4.69, 9.17) is 5.11 Å². The van der Waals surface area contributed by atoms with Crippen LogP contribution in [-0.2, 0) is 0 Å². The number of aliphatic hydroxyl groups excluding tert-OH is 1. The fourth-order valence-corrected chi connectivity index (χ4v) is 1.86. The SMILES string of the molecule is Cc1cc(I)ccc1NCC(C)(C)CO. The van der Waals surface area contributed by atoms with E-state index in [2.05, 4.69) is 53.0 Å². The molecule has 0 saturated heterocycles. The normalized spacial score (nSPS) is 11.5. The van der Waals surface area contributed by atoms with Crippen molar-refractivity contribution in [2.45, 2.75) is 20.8 Å². The molecule has 0 amide bonds. The minimum absolute atomic E-state index is 0.0740. The summed E-state index contributed by atoms with van der Waals surface area (Å²) in [5.74, 6) is 0. The highest BCUT2D eigenvalue weighted by molar-refractivity contribution is 14.1. The third kappa shape index (κ3) is 3.99. The van der Waals surface area contributed by atoms with Crippen molar-refractivity contribution >= 4 is 28.3 Å². The van der Waals surface area contributed by atoms with Gasteiger partial charge >= 0.3 is 0 Å². The highest BCUT2D eigenvalue weighted by Crippen LogP contribution is 2.20. The molecule has 0 atom stereocenters. The first kappa shape index (κ1) is 12.8. The van der Waals surface area contributed by atoms with Crippen LogP contribution in [0, 0.1) is 15.9 Å². The van der Waals surface area contributed by atoms with Gasteiger partial charge in [-0.05, 0) is 53.3 Å². The quantitative estimate of drug-likeness (QED) is 0.836. The van der Waals surface area contributed by atoms with Gasteiger partial charge in [0, 0.05) is 27.8 Å². The van der Waals surface area contributed by atoms with Gasteiger partial charge in [-0.15, -0.1) is 0 Å². The molecule has 0 aliphatic rings. The zero-order valence-electron chi connectivity index (χ0n) is 9.47. The Morgan fingerprint density at radius 2 is 2.07 bits per heavy atom. The molecule has 0 fully saturated rings. The van der Waals surface area contributed by atoms with E-state index in [-0.39, 0.29) is 12.0 Å². The topological polar surface area (TPSA) is 32.3 Å². The van der Waals surface area contributed by atoms with Crippen LogP contribution in [0.4, 0.5) is 5.69 Å². The van der Waals surface area contributed by atoms with Crippen molar-refractivity contribution in [3.05, 3.63) is 27.3 Å². The number of anilines is 1. The fourth-order valence-electron chi connectivity index (χ4n) is 1.22. The number of hydrogen-bond acceptors (Lipinski definition) is 2. The summed E-state index contributed by atoms with van der Waals surface area (Å²) in [6.07, 6.45) is 0. The number of halogens is 1. The summed E-state index contributed by atoms with van der Waals surface area (Å²) in [5.41, 5.74) is 2.32. The molecule has 0 aliphatic carbocycles. The van der Waals surface area contributed by atoms with Crippen LogP contribution in [0.3, 0.4) is 0 Å². The Balaban J connectivity index is 2.66. The molecule has 1 rings (SSSR count). The molecule has 84 valence electrons. The molecule has 1 aromatic rings. The third-order valence-electron chi connectivity index (χ3n) is 2.37. The van der Waals surface area contributed by atoms with Crippen LogP contribution >= 0.6 is 22.6 Å². The second kappa shape index (κ2) is 5.16. The fraction of sp³-hybridized carbons (Fsp3) is 0.500. The zero-order valence-corrected chi connectivity index (χ0v) is 11.6. The first-order valence-corrected chi connectivity index (χ1v) is 6.13. The lowest BCUT2D eigenvalue weighted by molar-refractivity contribution is 0.171. The predicted octanol–water partition coefficient (Wildman–Crippen LogP) is 3.03. The summed E-state index contributed by atoms with van der Waals surface area (Å²) in [5, 5.41) is 12.5. The van der Waals surface area contributed by atoms with Gasteiger partial charge in [-0.2, -0.15) is 0 Å². The van der Waals surface area contributed by atoms with Gasteiger partial charge in [-0.1, -0.05) is 13.8 Å². The van der Waals surface area contributed by atoms with Crippen molar-refractivity contribution < 1.29 is 5.11 Å². The van der Waals surface area contributed by atoms with Gasteiger partial charge in [0.15, 0.2) is 0 Å². The molecule has 15 heavy (non-hydrogen) atoms. The van der Waals surface area contributed by atoms with Crippen LogP contribution in [-0.4, -0.2) is 18.3 Å². The molecular formula is C12H18INO. The third-order valence-corrected chi connectivity index (χ3v) is 3.04. The lowest BCUT2D eigenvalue weighted by Gasteiger charge is -2.23. The number of hydrogen-bond donors (Lipinski definition) is 2. The molecule has 2 nitrogen and oxygen atoms in total. The molecular weight excluding hydrogens is 301 g/mol.